The van der Waals surface area contributed by atoms with E-state index in [1.807, 2.05) is 12.1 Å². The van der Waals surface area contributed by atoms with Gasteiger partial charge in [0.2, 0.25) is 0 Å². The van der Waals surface area contributed by atoms with Crippen molar-refractivity contribution in [2.75, 3.05) is 0 Å². The molecule has 0 radical (unpaired) electrons. The molecule has 6 heteroatoms. The number of aromatic nitrogens is 1. The number of fused-ring (bicyclic) bond motifs is 1. The Bertz CT molecular complexity index is 933. The SMILES string of the molecule is O=C(NS(=O)(=O)c1ccccc1)c1cccc2cccnc12. The third kappa shape index (κ3) is 2.68. The smallest absolute Gasteiger partial charge is 0.267 e. The highest BCUT2D eigenvalue weighted by molar-refractivity contribution is 7.90. The first-order chi connectivity index (χ1) is 10.6. The van der Waals surface area contributed by atoms with E-state index in [9.17, 15) is 13.2 Å². The van der Waals surface area contributed by atoms with Crippen molar-refractivity contribution >= 4 is 26.8 Å². The summed E-state index contributed by atoms with van der Waals surface area (Å²) in [6, 6.07) is 16.4. The van der Waals surface area contributed by atoms with Gasteiger partial charge >= 0.3 is 0 Å². The van der Waals surface area contributed by atoms with Crippen molar-refractivity contribution in [2.24, 2.45) is 0 Å². The number of benzene rings is 2. The quantitative estimate of drug-likeness (QED) is 0.805. The molecule has 0 fully saturated rings. The molecule has 110 valence electrons. The highest BCUT2D eigenvalue weighted by Crippen LogP contribution is 2.17. The monoisotopic (exact) mass is 312 g/mol. The molecule has 3 rings (SSSR count). The van der Waals surface area contributed by atoms with Gasteiger partial charge < -0.3 is 0 Å². The van der Waals surface area contributed by atoms with Gasteiger partial charge in [-0.1, -0.05) is 36.4 Å². The zero-order chi connectivity index (χ0) is 15.6. The van der Waals surface area contributed by atoms with E-state index in [1.165, 1.54) is 12.1 Å². The van der Waals surface area contributed by atoms with Crippen LogP contribution in [-0.2, 0) is 10.0 Å². The molecule has 0 aliphatic carbocycles. The number of nitrogens with zero attached hydrogens (tertiary/aromatic N) is 1. The molecule has 1 aromatic heterocycles. The number of carbonyl (C=O) groups is 1. The van der Waals surface area contributed by atoms with Gasteiger partial charge in [0.1, 0.15) is 0 Å². The zero-order valence-corrected chi connectivity index (χ0v) is 12.2. The summed E-state index contributed by atoms with van der Waals surface area (Å²) in [5.41, 5.74) is 0.684. The van der Waals surface area contributed by atoms with Crippen LogP contribution in [0.4, 0.5) is 0 Å². The van der Waals surface area contributed by atoms with Crippen LogP contribution in [0.2, 0.25) is 0 Å². The van der Waals surface area contributed by atoms with Gasteiger partial charge in [-0.2, -0.15) is 0 Å². The summed E-state index contributed by atoms with van der Waals surface area (Å²) in [5.74, 6) is -0.701. The minimum Gasteiger partial charge on any atom is -0.268 e. The van der Waals surface area contributed by atoms with Crippen molar-refractivity contribution in [1.29, 1.82) is 0 Å². The second-order valence-corrected chi connectivity index (χ2v) is 6.31. The largest absolute Gasteiger partial charge is 0.268 e. The van der Waals surface area contributed by atoms with E-state index >= 15 is 0 Å². The summed E-state index contributed by atoms with van der Waals surface area (Å²) in [5, 5.41) is 0.771. The summed E-state index contributed by atoms with van der Waals surface area (Å²) in [6.45, 7) is 0. The van der Waals surface area contributed by atoms with E-state index < -0.39 is 15.9 Å². The van der Waals surface area contributed by atoms with Crippen molar-refractivity contribution in [1.82, 2.24) is 9.71 Å². The zero-order valence-electron chi connectivity index (χ0n) is 11.4. The molecular formula is C16H12N2O3S. The molecule has 1 amide bonds. The van der Waals surface area contributed by atoms with Crippen molar-refractivity contribution < 1.29 is 13.2 Å². The molecule has 2 aromatic carbocycles. The molecule has 0 bridgehead atoms. The summed E-state index contributed by atoms with van der Waals surface area (Å²) in [6.07, 6.45) is 1.56. The second kappa shape index (κ2) is 5.57. The Labute approximate surface area is 127 Å². The topological polar surface area (TPSA) is 76.1 Å². The fourth-order valence-electron chi connectivity index (χ4n) is 2.12. The first-order valence-electron chi connectivity index (χ1n) is 6.54. The Morgan fingerprint density at radius 3 is 2.41 bits per heavy atom. The molecule has 22 heavy (non-hydrogen) atoms. The van der Waals surface area contributed by atoms with Gasteiger partial charge in [0.25, 0.3) is 15.9 Å². The maximum Gasteiger partial charge on any atom is 0.267 e. The third-order valence-electron chi connectivity index (χ3n) is 3.16. The lowest BCUT2D eigenvalue weighted by molar-refractivity contribution is 0.0983. The molecule has 0 saturated heterocycles. The van der Waals surface area contributed by atoms with Gasteiger partial charge in [-0.15, -0.1) is 0 Å². The standard InChI is InChI=1S/C16H12N2O3S/c19-16(18-22(20,21)13-8-2-1-3-9-13)14-10-4-6-12-7-5-11-17-15(12)14/h1-11H,(H,18,19). The van der Waals surface area contributed by atoms with Crippen LogP contribution in [0.25, 0.3) is 10.9 Å². The summed E-state index contributed by atoms with van der Waals surface area (Å²) >= 11 is 0. The van der Waals surface area contributed by atoms with E-state index in [4.69, 9.17) is 0 Å². The first-order valence-corrected chi connectivity index (χ1v) is 8.02. The van der Waals surface area contributed by atoms with Gasteiger partial charge in [0.05, 0.1) is 16.0 Å². The summed E-state index contributed by atoms with van der Waals surface area (Å²) in [4.78, 5) is 16.5. The molecule has 0 atom stereocenters. The Balaban J connectivity index is 1.98. The fourth-order valence-corrected chi connectivity index (χ4v) is 3.11. The molecule has 0 aliphatic rings. The average molecular weight is 312 g/mol. The predicted octanol–water partition coefficient (Wildman–Crippen LogP) is 2.35. The van der Waals surface area contributed by atoms with E-state index in [1.54, 1.807) is 42.6 Å². The highest BCUT2D eigenvalue weighted by atomic mass is 32.2. The van der Waals surface area contributed by atoms with Crippen LogP contribution in [0.5, 0.6) is 0 Å². The summed E-state index contributed by atoms with van der Waals surface area (Å²) < 4.78 is 26.5. The molecule has 0 aliphatic heterocycles. The maximum atomic E-state index is 12.3. The summed E-state index contributed by atoms with van der Waals surface area (Å²) in [7, 11) is -3.90. The van der Waals surface area contributed by atoms with Crippen molar-refractivity contribution in [3.8, 4) is 0 Å². The molecule has 0 saturated carbocycles. The van der Waals surface area contributed by atoms with Gasteiger partial charge in [-0.05, 0) is 24.3 Å². The van der Waals surface area contributed by atoms with Crippen molar-refractivity contribution in [3.05, 3.63) is 72.4 Å². The van der Waals surface area contributed by atoms with Gasteiger partial charge in [-0.25, -0.2) is 13.1 Å². The molecule has 0 spiro atoms. The number of sulfonamides is 1. The highest BCUT2D eigenvalue weighted by Gasteiger charge is 2.20. The number of nitrogens with one attached hydrogen (secondary N) is 1. The Hall–Kier alpha value is -2.73. The van der Waals surface area contributed by atoms with Crippen LogP contribution in [-0.4, -0.2) is 19.3 Å². The van der Waals surface area contributed by atoms with Crippen molar-refractivity contribution in [3.63, 3.8) is 0 Å². The van der Waals surface area contributed by atoms with Crippen LogP contribution in [0.1, 0.15) is 10.4 Å². The van der Waals surface area contributed by atoms with E-state index in [-0.39, 0.29) is 10.5 Å². The number of para-hydroxylation sites is 1. The number of rotatable bonds is 3. The molecule has 1 N–H and O–H groups in total. The lowest BCUT2D eigenvalue weighted by atomic mass is 10.1. The lowest BCUT2D eigenvalue weighted by Gasteiger charge is -2.08. The van der Waals surface area contributed by atoms with Crippen LogP contribution < -0.4 is 4.72 Å². The molecule has 0 unspecified atom stereocenters. The molecule has 3 aromatic rings. The number of carbonyl (C=O) groups excluding carboxylic acids is 1. The fraction of sp³-hybridized carbons (Fsp3) is 0. The number of pyridine rings is 1. The molecule has 5 nitrogen and oxygen atoms in total. The molecular weight excluding hydrogens is 300 g/mol. The minimum atomic E-state index is -3.90. The van der Waals surface area contributed by atoms with Crippen molar-refractivity contribution in [2.45, 2.75) is 4.90 Å². The second-order valence-electron chi connectivity index (χ2n) is 4.63. The molecule has 1 heterocycles. The van der Waals surface area contributed by atoms with E-state index in [2.05, 4.69) is 9.71 Å². The Kier molecular flexibility index (Phi) is 3.60. The van der Waals surface area contributed by atoms with Crippen LogP contribution in [0.3, 0.4) is 0 Å². The van der Waals surface area contributed by atoms with Crippen LogP contribution in [0, 0.1) is 0 Å². The maximum absolute atomic E-state index is 12.3. The van der Waals surface area contributed by atoms with Gasteiger partial charge in [-0.3, -0.25) is 9.78 Å². The van der Waals surface area contributed by atoms with Gasteiger partial charge in [0, 0.05) is 11.6 Å². The van der Waals surface area contributed by atoms with Crippen LogP contribution in [0.15, 0.2) is 71.8 Å². The lowest BCUT2D eigenvalue weighted by Crippen LogP contribution is -2.30. The first kappa shape index (κ1) is 14.2. The van der Waals surface area contributed by atoms with E-state index in [0.29, 0.717) is 5.52 Å². The predicted molar refractivity (Wildman–Crippen MR) is 82.8 cm³/mol. The normalized spacial score (nSPS) is 11.3. The third-order valence-corrected chi connectivity index (χ3v) is 4.50. The van der Waals surface area contributed by atoms with E-state index in [0.717, 1.165) is 5.39 Å². The Morgan fingerprint density at radius 2 is 1.64 bits per heavy atom. The number of hydrogen-bond donors (Lipinski definition) is 1. The van der Waals surface area contributed by atoms with Crippen LogP contribution >= 0.6 is 0 Å². The Morgan fingerprint density at radius 1 is 0.909 bits per heavy atom. The van der Waals surface area contributed by atoms with Gasteiger partial charge in [0.15, 0.2) is 0 Å². The number of amides is 1. The minimum absolute atomic E-state index is 0.0385. The number of hydrogen-bond acceptors (Lipinski definition) is 4. The average Bonchev–Trinajstić information content (AvgIpc) is 2.54.